The molecule has 0 saturated carbocycles. The molecule has 2 aromatic heterocycles. The van der Waals surface area contributed by atoms with Crippen LogP contribution in [0.4, 0.5) is 0 Å². The summed E-state index contributed by atoms with van der Waals surface area (Å²) in [5.74, 6) is -0.0249. The number of hydrogen-bond donors (Lipinski definition) is 1. The van der Waals surface area contributed by atoms with E-state index in [9.17, 15) is 9.59 Å². The van der Waals surface area contributed by atoms with Gasteiger partial charge in [0.05, 0.1) is 19.3 Å². The second kappa shape index (κ2) is 8.59. The maximum atomic E-state index is 12.7. The molecule has 1 N–H and O–H groups in total. The molecule has 3 rings (SSSR count). The van der Waals surface area contributed by atoms with E-state index in [-0.39, 0.29) is 11.5 Å². The van der Waals surface area contributed by atoms with Gasteiger partial charge in [-0.25, -0.2) is 9.67 Å². The summed E-state index contributed by atoms with van der Waals surface area (Å²) in [6.45, 7) is 1.34. The molecule has 26 heavy (non-hydrogen) atoms. The van der Waals surface area contributed by atoms with Gasteiger partial charge in [-0.2, -0.15) is 5.10 Å². The quantitative estimate of drug-likeness (QED) is 0.524. The van der Waals surface area contributed by atoms with Gasteiger partial charge in [0.2, 0.25) is 5.91 Å². The molecule has 7 nitrogen and oxygen atoms in total. The average Bonchev–Trinajstić information content (AvgIpc) is 3.03. The summed E-state index contributed by atoms with van der Waals surface area (Å²) in [5.41, 5.74) is 1.41. The molecule has 3 aromatic rings. The lowest BCUT2D eigenvalue weighted by molar-refractivity contribution is -0.120. The van der Waals surface area contributed by atoms with Crippen LogP contribution in [-0.4, -0.2) is 37.1 Å². The van der Waals surface area contributed by atoms with E-state index in [1.165, 1.54) is 12.5 Å². The Bertz CT molecular complexity index is 965. The second-order valence-corrected chi connectivity index (χ2v) is 7.41. The zero-order chi connectivity index (χ0) is 18.5. The van der Waals surface area contributed by atoms with Gasteiger partial charge in [-0.05, 0) is 17.7 Å². The van der Waals surface area contributed by atoms with Gasteiger partial charge in [0.1, 0.15) is 11.7 Å². The molecule has 0 saturated heterocycles. The maximum absolute atomic E-state index is 12.7. The smallest absolute Gasteiger partial charge is 0.264 e. The van der Waals surface area contributed by atoms with E-state index >= 15 is 0 Å². The third-order valence-electron chi connectivity index (χ3n) is 3.86. The number of halogens is 2. The van der Waals surface area contributed by atoms with Crippen molar-refractivity contribution in [2.24, 2.45) is 0 Å². The molecule has 1 amide bonds. The van der Waals surface area contributed by atoms with E-state index in [4.69, 9.17) is 0 Å². The maximum Gasteiger partial charge on any atom is 0.264 e. The van der Waals surface area contributed by atoms with Gasteiger partial charge in [0, 0.05) is 22.8 Å². The van der Waals surface area contributed by atoms with Crippen LogP contribution in [0.25, 0.3) is 11.0 Å². The molecule has 0 atom stereocenters. The highest BCUT2D eigenvalue weighted by Crippen LogP contribution is 2.12. The molecule has 0 aliphatic carbocycles. The first kappa shape index (κ1) is 18.8. The van der Waals surface area contributed by atoms with Gasteiger partial charge in [-0.1, -0.05) is 44.0 Å². The number of hydrogen-bond acceptors (Lipinski definition) is 4. The number of carbonyl (C=O) groups is 1. The van der Waals surface area contributed by atoms with Crippen molar-refractivity contribution in [1.82, 2.24) is 24.6 Å². The molecular formula is C17H17Br2N5O2. The van der Waals surface area contributed by atoms with Crippen molar-refractivity contribution in [1.29, 1.82) is 0 Å². The van der Waals surface area contributed by atoms with Crippen LogP contribution in [-0.2, 0) is 17.9 Å². The Labute approximate surface area is 166 Å². The predicted molar refractivity (Wildman–Crippen MR) is 106 cm³/mol. The number of aromatic nitrogens is 4. The lowest BCUT2D eigenvalue weighted by Crippen LogP contribution is -2.27. The first-order valence-corrected chi connectivity index (χ1v) is 9.98. The van der Waals surface area contributed by atoms with Crippen LogP contribution in [0, 0.1) is 0 Å². The summed E-state index contributed by atoms with van der Waals surface area (Å²) in [6.07, 6.45) is 3.50. The number of carbonyl (C=O) groups excluding carboxylic acids is 1. The molecule has 0 radical (unpaired) electrons. The van der Waals surface area contributed by atoms with Crippen molar-refractivity contribution < 1.29 is 4.79 Å². The van der Waals surface area contributed by atoms with E-state index in [2.05, 4.69) is 47.3 Å². The molecule has 1 aromatic carbocycles. The standard InChI is InChI=1S/C17H17Br2N5O2/c18-6-5-15(25)20-7-8-24-16-14(9-22-24)17(26)23(11-21-16)10-12-1-3-13(19)4-2-12/h1-4,9,11H,5-8,10H2,(H,20,25). The summed E-state index contributed by atoms with van der Waals surface area (Å²) < 4.78 is 4.19. The van der Waals surface area contributed by atoms with E-state index in [1.54, 1.807) is 9.25 Å². The highest BCUT2D eigenvalue weighted by atomic mass is 79.9. The monoisotopic (exact) mass is 481 g/mol. The molecule has 2 heterocycles. The third kappa shape index (κ3) is 4.39. The average molecular weight is 483 g/mol. The number of nitrogens with one attached hydrogen (secondary N) is 1. The fourth-order valence-electron chi connectivity index (χ4n) is 2.54. The number of amides is 1. The Morgan fingerprint density at radius 3 is 2.73 bits per heavy atom. The summed E-state index contributed by atoms with van der Waals surface area (Å²) in [4.78, 5) is 28.5. The van der Waals surface area contributed by atoms with Crippen molar-refractivity contribution in [2.75, 3.05) is 11.9 Å². The summed E-state index contributed by atoms with van der Waals surface area (Å²) >= 11 is 6.63. The molecule has 0 spiro atoms. The second-order valence-electron chi connectivity index (χ2n) is 5.70. The molecule has 136 valence electrons. The Balaban J connectivity index is 1.75. The van der Waals surface area contributed by atoms with Crippen molar-refractivity contribution in [2.45, 2.75) is 19.5 Å². The molecule has 0 fully saturated rings. The topological polar surface area (TPSA) is 81.8 Å². The molecule has 0 aliphatic heterocycles. The van der Waals surface area contributed by atoms with Gasteiger partial charge >= 0.3 is 0 Å². The van der Waals surface area contributed by atoms with Crippen LogP contribution < -0.4 is 10.9 Å². The van der Waals surface area contributed by atoms with Crippen molar-refractivity contribution in [3.63, 3.8) is 0 Å². The first-order valence-electron chi connectivity index (χ1n) is 8.06. The largest absolute Gasteiger partial charge is 0.354 e. The van der Waals surface area contributed by atoms with E-state index in [1.807, 2.05) is 24.3 Å². The van der Waals surface area contributed by atoms with Gasteiger partial charge in [-0.3, -0.25) is 14.2 Å². The normalized spacial score (nSPS) is 11.0. The van der Waals surface area contributed by atoms with Crippen LogP contribution in [0.5, 0.6) is 0 Å². The van der Waals surface area contributed by atoms with E-state index in [0.717, 1.165) is 10.0 Å². The minimum Gasteiger partial charge on any atom is -0.354 e. The van der Waals surface area contributed by atoms with Crippen molar-refractivity contribution in [3.8, 4) is 0 Å². The number of alkyl halides is 1. The van der Waals surface area contributed by atoms with Crippen molar-refractivity contribution >= 4 is 48.8 Å². The predicted octanol–water partition coefficient (Wildman–Crippen LogP) is 2.30. The SMILES string of the molecule is O=C(CCBr)NCCn1ncc2c(=O)n(Cc3ccc(Br)cc3)cnc21. The van der Waals surface area contributed by atoms with Crippen LogP contribution in [0.15, 0.2) is 46.1 Å². The Hall–Kier alpha value is -2.00. The highest BCUT2D eigenvalue weighted by molar-refractivity contribution is 9.10. The Morgan fingerprint density at radius 1 is 1.23 bits per heavy atom. The third-order valence-corrected chi connectivity index (χ3v) is 4.78. The van der Waals surface area contributed by atoms with E-state index < -0.39 is 0 Å². The number of rotatable bonds is 7. The fraction of sp³-hybridized carbons (Fsp3) is 0.294. The lowest BCUT2D eigenvalue weighted by atomic mass is 10.2. The number of benzene rings is 1. The summed E-state index contributed by atoms with van der Waals surface area (Å²) in [6, 6.07) is 7.79. The Kier molecular flexibility index (Phi) is 6.20. The molecule has 0 bridgehead atoms. The highest BCUT2D eigenvalue weighted by Gasteiger charge is 2.10. The molecule has 0 aliphatic rings. The summed E-state index contributed by atoms with van der Waals surface area (Å²) in [7, 11) is 0. The van der Waals surface area contributed by atoms with Gasteiger partial charge in [-0.15, -0.1) is 0 Å². The number of fused-ring (bicyclic) bond motifs is 1. The minimum absolute atomic E-state index is 0.0249. The molecular weight excluding hydrogens is 466 g/mol. The van der Waals surface area contributed by atoms with E-state index in [0.29, 0.717) is 42.4 Å². The van der Waals surface area contributed by atoms with Crippen molar-refractivity contribution in [3.05, 3.63) is 57.2 Å². The Morgan fingerprint density at radius 2 is 2.00 bits per heavy atom. The minimum atomic E-state index is -0.132. The van der Waals surface area contributed by atoms with Gasteiger partial charge in [0.15, 0.2) is 5.65 Å². The van der Waals surface area contributed by atoms with Crippen LogP contribution in [0.1, 0.15) is 12.0 Å². The van der Waals surface area contributed by atoms with Crippen LogP contribution in [0.2, 0.25) is 0 Å². The first-order chi connectivity index (χ1) is 12.6. The zero-order valence-electron chi connectivity index (χ0n) is 13.9. The van der Waals surface area contributed by atoms with Crippen LogP contribution in [0.3, 0.4) is 0 Å². The van der Waals surface area contributed by atoms with Gasteiger partial charge < -0.3 is 5.32 Å². The molecule has 9 heteroatoms. The lowest BCUT2D eigenvalue weighted by Gasteiger charge is -2.07. The van der Waals surface area contributed by atoms with Gasteiger partial charge in [0.25, 0.3) is 5.56 Å². The van der Waals surface area contributed by atoms with Crippen LogP contribution >= 0.6 is 31.9 Å². The zero-order valence-corrected chi connectivity index (χ0v) is 17.0. The summed E-state index contributed by atoms with van der Waals surface area (Å²) in [5, 5.41) is 8.13. The fourth-order valence-corrected chi connectivity index (χ4v) is 3.16. The number of nitrogens with zero attached hydrogens (tertiary/aromatic N) is 4. The molecule has 0 unspecified atom stereocenters.